The topological polar surface area (TPSA) is 59.1 Å². The van der Waals surface area contributed by atoms with E-state index in [1.807, 2.05) is 30.3 Å². The van der Waals surface area contributed by atoms with Gasteiger partial charge in [-0.1, -0.05) is 24.3 Å². The van der Waals surface area contributed by atoms with E-state index >= 15 is 0 Å². The molecule has 2 aromatic carbocycles. The van der Waals surface area contributed by atoms with Gasteiger partial charge >= 0.3 is 0 Å². The Bertz CT molecular complexity index is 958. The monoisotopic (exact) mass is 388 g/mol. The molecule has 27 heavy (non-hydrogen) atoms. The number of nitrogens with zero attached hydrogens (tertiary/aromatic N) is 2. The van der Waals surface area contributed by atoms with Crippen molar-refractivity contribution < 1.29 is 17.9 Å². The lowest BCUT2D eigenvalue weighted by Gasteiger charge is -2.35. The van der Waals surface area contributed by atoms with E-state index in [4.69, 9.17) is 9.47 Å². The van der Waals surface area contributed by atoms with E-state index in [2.05, 4.69) is 6.07 Å². The maximum Gasteiger partial charge on any atom is 0.282 e. The highest BCUT2D eigenvalue weighted by atomic mass is 32.2. The van der Waals surface area contributed by atoms with Crippen LogP contribution in [-0.4, -0.2) is 44.3 Å². The van der Waals surface area contributed by atoms with E-state index in [9.17, 15) is 8.42 Å². The molecule has 0 saturated heterocycles. The molecule has 4 rings (SSSR count). The van der Waals surface area contributed by atoms with Crippen LogP contribution in [0.1, 0.15) is 22.3 Å². The van der Waals surface area contributed by atoms with Gasteiger partial charge in [-0.15, -0.1) is 0 Å². The lowest BCUT2D eigenvalue weighted by molar-refractivity contribution is 0.311. The smallest absolute Gasteiger partial charge is 0.282 e. The fraction of sp³-hybridized carbons (Fsp3) is 0.400. The quantitative estimate of drug-likeness (QED) is 0.807. The maximum absolute atomic E-state index is 13.2. The van der Waals surface area contributed by atoms with Crippen molar-refractivity contribution >= 4 is 10.2 Å². The first-order valence-corrected chi connectivity index (χ1v) is 10.5. The van der Waals surface area contributed by atoms with Gasteiger partial charge in [0.1, 0.15) is 0 Å². The first-order valence-electron chi connectivity index (χ1n) is 9.08. The lowest BCUT2D eigenvalue weighted by Crippen LogP contribution is -2.47. The average molecular weight is 388 g/mol. The molecule has 0 fully saturated rings. The molecule has 0 aromatic heterocycles. The third kappa shape index (κ3) is 3.31. The molecule has 0 saturated carbocycles. The summed E-state index contributed by atoms with van der Waals surface area (Å²) in [5, 5.41) is 0. The molecule has 2 aliphatic heterocycles. The maximum atomic E-state index is 13.2. The van der Waals surface area contributed by atoms with Crippen LogP contribution < -0.4 is 9.47 Å². The lowest BCUT2D eigenvalue weighted by atomic mass is 10.0. The molecule has 2 heterocycles. The molecular weight excluding hydrogens is 364 g/mol. The first kappa shape index (κ1) is 18.3. The van der Waals surface area contributed by atoms with E-state index in [1.54, 1.807) is 22.8 Å². The molecule has 0 bridgehead atoms. The molecule has 0 aliphatic carbocycles. The van der Waals surface area contributed by atoms with Crippen molar-refractivity contribution in [3.05, 3.63) is 58.7 Å². The van der Waals surface area contributed by atoms with Crippen molar-refractivity contribution in [1.82, 2.24) is 8.61 Å². The average Bonchev–Trinajstić information content (AvgIpc) is 2.71. The van der Waals surface area contributed by atoms with Crippen molar-refractivity contribution in [2.24, 2.45) is 0 Å². The van der Waals surface area contributed by atoms with Crippen LogP contribution in [0, 0.1) is 0 Å². The number of fused-ring (bicyclic) bond motifs is 2. The van der Waals surface area contributed by atoms with E-state index in [-0.39, 0.29) is 0 Å². The molecule has 0 amide bonds. The van der Waals surface area contributed by atoms with Gasteiger partial charge in [-0.25, -0.2) is 0 Å². The summed E-state index contributed by atoms with van der Waals surface area (Å²) in [5.41, 5.74) is 4.42. The molecule has 0 radical (unpaired) electrons. The summed E-state index contributed by atoms with van der Waals surface area (Å²) in [6.07, 6.45) is 1.42. The Hall–Kier alpha value is -2.09. The Morgan fingerprint density at radius 1 is 0.778 bits per heavy atom. The summed E-state index contributed by atoms with van der Waals surface area (Å²) >= 11 is 0. The Labute approximate surface area is 160 Å². The minimum atomic E-state index is -3.51. The van der Waals surface area contributed by atoms with Gasteiger partial charge in [-0.05, 0) is 47.2 Å². The second kappa shape index (κ2) is 7.14. The molecule has 0 unspecified atom stereocenters. The molecule has 7 heteroatoms. The van der Waals surface area contributed by atoms with Crippen LogP contribution in [0.15, 0.2) is 36.4 Å². The van der Waals surface area contributed by atoms with Gasteiger partial charge in [0.2, 0.25) is 0 Å². The van der Waals surface area contributed by atoms with Crippen LogP contribution in [0.2, 0.25) is 0 Å². The number of hydrogen-bond donors (Lipinski definition) is 0. The van der Waals surface area contributed by atoms with Crippen molar-refractivity contribution in [2.45, 2.75) is 25.9 Å². The van der Waals surface area contributed by atoms with Crippen LogP contribution in [0.25, 0.3) is 0 Å². The summed E-state index contributed by atoms with van der Waals surface area (Å²) < 4.78 is 40.4. The molecular formula is C20H24N2O4S. The van der Waals surface area contributed by atoms with E-state index in [0.717, 1.165) is 23.1 Å². The van der Waals surface area contributed by atoms with Gasteiger partial charge in [0.15, 0.2) is 11.5 Å². The van der Waals surface area contributed by atoms with Crippen molar-refractivity contribution in [1.29, 1.82) is 0 Å². The Morgan fingerprint density at radius 3 is 1.93 bits per heavy atom. The van der Waals surface area contributed by atoms with Gasteiger partial charge in [-0.3, -0.25) is 0 Å². The molecule has 144 valence electrons. The van der Waals surface area contributed by atoms with Crippen LogP contribution in [-0.2, 0) is 36.1 Å². The molecule has 2 aliphatic rings. The Kier molecular flexibility index (Phi) is 4.84. The summed E-state index contributed by atoms with van der Waals surface area (Å²) in [4.78, 5) is 0. The van der Waals surface area contributed by atoms with Crippen LogP contribution >= 0.6 is 0 Å². The fourth-order valence-corrected chi connectivity index (χ4v) is 5.46. The predicted octanol–water partition coefficient (Wildman–Crippen LogP) is 2.37. The van der Waals surface area contributed by atoms with Crippen LogP contribution in [0.4, 0.5) is 0 Å². The highest BCUT2D eigenvalue weighted by molar-refractivity contribution is 7.86. The number of benzene rings is 2. The fourth-order valence-electron chi connectivity index (χ4n) is 3.88. The van der Waals surface area contributed by atoms with Crippen molar-refractivity contribution in [3.8, 4) is 11.5 Å². The van der Waals surface area contributed by atoms with Crippen LogP contribution in [0.3, 0.4) is 0 Å². The number of rotatable bonds is 4. The third-order valence-corrected chi connectivity index (χ3v) is 7.36. The highest BCUT2D eigenvalue weighted by Gasteiger charge is 2.34. The molecule has 6 nitrogen and oxygen atoms in total. The van der Waals surface area contributed by atoms with Gasteiger partial charge in [0.25, 0.3) is 10.2 Å². The Morgan fingerprint density at radius 2 is 1.30 bits per heavy atom. The minimum absolute atomic E-state index is 0.357. The number of hydrogen-bond acceptors (Lipinski definition) is 4. The van der Waals surface area contributed by atoms with E-state index in [1.165, 1.54) is 5.56 Å². The minimum Gasteiger partial charge on any atom is -0.493 e. The second-order valence-corrected chi connectivity index (χ2v) is 8.85. The van der Waals surface area contributed by atoms with Crippen LogP contribution in [0.5, 0.6) is 11.5 Å². The zero-order chi connectivity index (χ0) is 19.0. The number of ether oxygens (including phenoxy) is 2. The second-order valence-electron chi connectivity index (χ2n) is 6.92. The molecule has 0 spiro atoms. The molecule has 2 aromatic rings. The molecule has 0 atom stereocenters. The summed E-state index contributed by atoms with van der Waals surface area (Å²) in [6, 6.07) is 11.9. The highest BCUT2D eigenvalue weighted by Crippen LogP contribution is 2.34. The molecule has 0 N–H and O–H groups in total. The zero-order valence-corrected chi connectivity index (χ0v) is 16.5. The van der Waals surface area contributed by atoms with Gasteiger partial charge in [-0.2, -0.15) is 17.0 Å². The zero-order valence-electron chi connectivity index (χ0n) is 15.6. The normalized spacial score (nSPS) is 17.9. The van der Waals surface area contributed by atoms with Crippen molar-refractivity contribution in [3.63, 3.8) is 0 Å². The largest absolute Gasteiger partial charge is 0.493 e. The summed E-state index contributed by atoms with van der Waals surface area (Å²) in [7, 11) is -0.312. The summed E-state index contributed by atoms with van der Waals surface area (Å²) in [5.74, 6) is 1.31. The van der Waals surface area contributed by atoms with Gasteiger partial charge in [0.05, 0.1) is 14.2 Å². The standard InChI is InChI=1S/C20H24N2O4S/c1-25-19-11-16-8-10-22(14-18(16)12-20(19)26-2)27(23,24)21-9-7-15-5-3-4-6-17(15)13-21/h3-6,11-12H,7-10,13-14H2,1-2H3. The van der Waals surface area contributed by atoms with E-state index < -0.39 is 10.2 Å². The van der Waals surface area contributed by atoms with Gasteiger partial charge < -0.3 is 9.47 Å². The SMILES string of the molecule is COc1cc2c(cc1OC)CN(S(=O)(=O)N1CCc3ccccc3C1)CC2. The Balaban J connectivity index is 1.58. The third-order valence-electron chi connectivity index (χ3n) is 5.43. The first-order chi connectivity index (χ1) is 13.0. The van der Waals surface area contributed by atoms with Crippen molar-refractivity contribution in [2.75, 3.05) is 27.3 Å². The summed E-state index contributed by atoms with van der Waals surface area (Å²) in [6.45, 7) is 1.79. The number of methoxy groups -OCH3 is 2. The predicted molar refractivity (Wildman–Crippen MR) is 103 cm³/mol. The van der Waals surface area contributed by atoms with E-state index in [0.29, 0.717) is 44.1 Å². The van der Waals surface area contributed by atoms with Gasteiger partial charge in [0, 0.05) is 26.2 Å².